The quantitative estimate of drug-likeness (QED) is 0.562. The molecule has 2 aromatic carbocycles. The van der Waals surface area contributed by atoms with Crippen LogP contribution in [0.3, 0.4) is 0 Å². The van der Waals surface area contributed by atoms with Gasteiger partial charge >= 0.3 is 0 Å². The van der Waals surface area contributed by atoms with Crippen LogP contribution in [0.25, 0.3) is 0 Å². The summed E-state index contributed by atoms with van der Waals surface area (Å²) in [5, 5.41) is 3.16. The molecule has 4 nitrogen and oxygen atoms in total. The summed E-state index contributed by atoms with van der Waals surface area (Å²) >= 11 is 0. The van der Waals surface area contributed by atoms with Gasteiger partial charge in [0.15, 0.2) is 0 Å². The number of carbonyl (C=O) groups is 1. The summed E-state index contributed by atoms with van der Waals surface area (Å²) in [5.41, 5.74) is 1.57. The third kappa shape index (κ3) is 5.48. The number of amides is 1. The molecule has 1 atom stereocenters. The van der Waals surface area contributed by atoms with Crippen LogP contribution in [-0.2, 0) is 10.2 Å². The van der Waals surface area contributed by atoms with Crippen molar-refractivity contribution in [1.29, 1.82) is 0 Å². The molecule has 1 aliphatic heterocycles. The van der Waals surface area contributed by atoms with Crippen molar-refractivity contribution in [1.82, 2.24) is 4.90 Å². The van der Waals surface area contributed by atoms with E-state index in [-0.39, 0.29) is 5.91 Å². The molecule has 1 heterocycles. The number of anilines is 1. The molecule has 166 valence electrons. The van der Waals surface area contributed by atoms with Crippen LogP contribution in [0.1, 0.15) is 57.4 Å². The number of hydrogen-bond acceptors (Lipinski definition) is 3. The first kappa shape index (κ1) is 21.9. The van der Waals surface area contributed by atoms with Gasteiger partial charge in [-0.25, -0.2) is 0 Å². The molecule has 4 heteroatoms. The van der Waals surface area contributed by atoms with Gasteiger partial charge in [-0.15, -0.1) is 0 Å². The number of carbonyl (C=O) groups excluding carboxylic acids is 1. The highest BCUT2D eigenvalue weighted by molar-refractivity contribution is 5.99. The van der Waals surface area contributed by atoms with Crippen molar-refractivity contribution in [3.8, 4) is 5.75 Å². The zero-order valence-corrected chi connectivity index (χ0v) is 18.8. The van der Waals surface area contributed by atoms with Crippen LogP contribution in [0.5, 0.6) is 5.75 Å². The molecule has 1 N–H and O–H groups in total. The maximum Gasteiger partial charge on any atom is 0.235 e. The van der Waals surface area contributed by atoms with Crippen molar-refractivity contribution in [2.75, 3.05) is 31.6 Å². The predicted octanol–water partition coefficient (Wildman–Crippen LogP) is 5.64. The lowest BCUT2D eigenvalue weighted by atomic mass is 9.78. The number of nitrogens with zero attached hydrogens (tertiary/aromatic N) is 1. The first-order valence-electron chi connectivity index (χ1n) is 12.0. The fourth-order valence-corrected chi connectivity index (χ4v) is 5.24. The van der Waals surface area contributed by atoms with Gasteiger partial charge in [-0.1, -0.05) is 50.1 Å². The summed E-state index contributed by atoms with van der Waals surface area (Å²) in [7, 11) is 0. The van der Waals surface area contributed by atoms with Gasteiger partial charge in [0.25, 0.3) is 0 Å². The molecule has 31 heavy (non-hydrogen) atoms. The van der Waals surface area contributed by atoms with Gasteiger partial charge in [0, 0.05) is 18.8 Å². The minimum absolute atomic E-state index is 0.112. The molecule has 2 aromatic rings. The number of ether oxygens (including phenoxy) is 1. The SMILES string of the molecule is CC1CCCN(CCCOc2ccc(NC(=O)C3(c4ccccc4)CCCC3)cc2)C1. The van der Waals surface area contributed by atoms with Gasteiger partial charge in [-0.2, -0.15) is 0 Å². The molecule has 1 saturated carbocycles. The fourth-order valence-electron chi connectivity index (χ4n) is 5.24. The van der Waals surface area contributed by atoms with E-state index in [4.69, 9.17) is 4.74 Å². The molecule has 1 amide bonds. The second-order valence-corrected chi connectivity index (χ2v) is 9.38. The third-order valence-electron chi connectivity index (χ3n) is 6.96. The maximum atomic E-state index is 13.3. The molecule has 1 saturated heterocycles. The molecular formula is C27H36N2O2. The highest BCUT2D eigenvalue weighted by atomic mass is 16.5. The lowest BCUT2D eigenvalue weighted by Crippen LogP contribution is -2.37. The van der Waals surface area contributed by atoms with Crippen molar-refractivity contribution in [3.05, 3.63) is 60.2 Å². The third-order valence-corrected chi connectivity index (χ3v) is 6.96. The van der Waals surface area contributed by atoms with Gasteiger partial charge in [-0.3, -0.25) is 4.79 Å². The van der Waals surface area contributed by atoms with E-state index in [1.54, 1.807) is 0 Å². The molecule has 0 spiro atoms. The first-order valence-corrected chi connectivity index (χ1v) is 12.0. The topological polar surface area (TPSA) is 41.6 Å². The monoisotopic (exact) mass is 420 g/mol. The van der Waals surface area contributed by atoms with Crippen molar-refractivity contribution in [2.24, 2.45) is 5.92 Å². The number of rotatable bonds is 8. The summed E-state index contributed by atoms with van der Waals surface area (Å²) in [6.45, 7) is 6.63. The molecule has 1 aliphatic carbocycles. The summed E-state index contributed by atoms with van der Waals surface area (Å²) < 4.78 is 5.93. The van der Waals surface area contributed by atoms with Crippen LogP contribution in [0, 0.1) is 5.92 Å². The second kappa shape index (κ2) is 10.3. The van der Waals surface area contributed by atoms with Crippen LogP contribution < -0.4 is 10.1 Å². The van der Waals surface area contributed by atoms with Crippen molar-refractivity contribution in [3.63, 3.8) is 0 Å². The highest BCUT2D eigenvalue weighted by Crippen LogP contribution is 2.42. The van der Waals surface area contributed by atoms with E-state index >= 15 is 0 Å². The molecule has 0 aromatic heterocycles. The van der Waals surface area contributed by atoms with E-state index < -0.39 is 5.41 Å². The Morgan fingerprint density at radius 3 is 2.52 bits per heavy atom. The summed E-state index contributed by atoms with van der Waals surface area (Å²) in [5.74, 6) is 1.80. The van der Waals surface area contributed by atoms with Crippen LogP contribution in [0.2, 0.25) is 0 Å². The largest absolute Gasteiger partial charge is 0.494 e. The highest BCUT2D eigenvalue weighted by Gasteiger charge is 2.42. The van der Waals surface area contributed by atoms with Gasteiger partial charge in [0.1, 0.15) is 5.75 Å². The van der Waals surface area contributed by atoms with Crippen molar-refractivity contribution < 1.29 is 9.53 Å². The number of nitrogens with one attached hydrogen (secondary N) is 1. The molecule has 0 bridgehead atoms. The van der Waals surface area contributed by atoms with Crippen LogP contribution in [0.15, 0.2) is 54.6 Å². The zero-order valence-electron chi connectivity index (χ0n) is 18.8. The summed E-state index contributed by atoms with van der Waals surface area (Å²) in [4.78, 5) is 15.8. The van der Waals surface area contributed by atoms with E-state index in [1.165, 1.54) is 25.9 Å². The predicted molar refractivity (Wildman–Crippen MR) is 127 cm³/mol. The van der Waals surface area contributed by atoms with Gasteiger partial charge < -0.3 is 15.0 Å². The molecule has 4 rings (SSSR count). The van der Waals surface area contributed by atoms with Gasteiger partial charge in [-0.05, 0) is 74.4 Å². The van der Waals surface area contributed by atoms with Crippen LogP contribution >= 0.6 is 0 Å². The standard InChI is InChI=1S/C27H36N2O2/c1-22-9-7-18-29(21-22)19-8-20-31-25-14-12-24(13-15-25)28-26(30)27(16-5-6-17-27)23-10-3-2-4-11-23/h2-4,10-15,22H,5-9,16-21H2,1H3,(H,28,30). The molecule has 1 unspecified atom stereocenters. The Morgan fingerprint density at radius 1 is 1.06 bits per heavy atom. The van der Waals surface area contributed by atoms with Gasteiger partial charge in [0.05, 0.1) is 12.0 Å². The van der Waals surface area contributed by atoms with Crippen molar-refractivity contribution >= 4 is 11.6 Å². The fraction of sp³-hybridized carbons (Fsp3) is 0.519. The Bertz CT molecular complexity index is 828. The minimum atomic E-state index is -0.400. The molecule has 0 radical (unpaired) electrons. The van der Waals surface area contributed by atoms with E-state index in [0.717, 1.165) is 68.2 Å². The van der Waals surface area contributed by atoms with Gasteiger partial charge in [0.2, 0.25) is 5.91 Å². The summed E-state index contributed by atoms with van der Waals surface area (Å²) in [6, 6.07) is 18.1. The average Bonchev–Trinajstić information content (AvgIpc) is 3.30. The van der Waals surface area contributed by atoms with E-state index in [2.05, 4.69) is 29.3 Å². The number of benzene rings is 2. The normalized spacial score (nSPS) is 21.0. The number of hydrogen-bond donors (Lipinski definition) is 1. The Kier molecular flexibility index (Phi) is 7.29. The Balaban J connectivity index is 1.27. The Hall–Kier alpha value is -2.33. The van der Waals surface area contributed by atoms with Crippen LogP contribution in [-0.4, -0.2) is 37.0 Å². The first-order chi connectivity index (χ1) is 15.2. The lowest BCUT2D eigenvalue weighted by molar-refractivity contribution is -0.121. The smallest absolute Gasteiger partial charge is 0.235 e. The summed E-state index contributed by atoms with van der Waals surface area (Å²) in [6.07, 6.45) is 7.77. The van der Waals surface area contributed by atoms with E-state index in [9.17, 15) is 4.79 Å². The van der Waals surface area contributed by atoms with Crippen LogP contribution in [0.4, 0.5) is 5.69 Å². The lowest BCUT2D eigenvalue weighted by Gasteiger charge is -2.30. The van der Waals surface area contributed by atoms with E-state index in [1.807, 2.05) is 42.5 Å². The van der Waals surface area contributed by atoms with E-state index in [0.29, 0.717) is 0 Å². The molecular weight excluding hydrogens is 384 g/mol. The maximum absolute atomic E-state index is 13.3. The Labute approximate surface area is 187 Å². The molecule has 2 fully saturated rings. The van der Waals surface area contributed by atoms with Crippen molar-refractivity contribution in [2.45, 2.75) is 57.3 Å². The Morgan fingerprint density at radius 2 is 1.81 bits per heavy atom. The number of piperidine rings is 1. The average molecular weight is 421 g/mol. The minimum Gasteiger partial charge on any atom is -0.494 e. The molecule has 2 aliphatic rings. The zero-order chi connectivity index (χ0) is 21.5. The number of likely N-dealkylation sites (tertiary alicyclic amines) is 1. The second-order valence-electron chi connectivity index (χ2n) is 9.38.